The van der Waals surface area contributed by atoms with Crippen LogP contribution in [0.25, 0.3) is 0 Å². The average molecular weight is 292 g/mol. The molecule has 0 bridgehead atoms. The Balaban J connectivity index is 2.05. The molecule has 1 fully saturated rings. The first-order valence-corrected chi connectivity index (χ1v) is 7.71. The molecule has 0 radical (unpaired) electrons. The number of ether oxygens (including phenoxy) is 2. The molecule has 21 heavy (non-hydrogen) atoms. The van der Waals surface area contributed by atoms with E-state index in [1.54, 1.807) is 7.11 Å². The predicted octanol–water partition coefficient (Wildman–Crippen LogP) is 2.54. The maximum Gasteiger partial charge on any atom is 0.120 e. The molecule has 4 heteroatoms. The van der Waals surface area contributed by atoms with Crippen LogP contribution in [0.1, 0.15) is 20.3 Å². The molecule has 2 rings (SSSR count). The second kappa shape index (κ2) is 7.14. The van der Waals surface area contributed by atoms with Gasteiger partial charge in [-0.2, -0.15) is 0 Å². The van der Waals surface area contributed by atoms with Crippen LogP contribution >= 0.6 is 0 Å². The van der Waals surface area contributed by atoms with Gasteiger partial charge in [0.2, 0.25) is 0 Å². The van der Waals surface area contributed by atoms with Crippen molar-refractivity contribution in [3.05, 3.63) is 24.3 Å². The summed E-state index contributed by atoms with van der Waals surface area (Å²) < 4.78 is 11.0. The molecule has 4 nitrogen and oxygen atoms in total. The van der Waals surface area contributed by atoms with Crippen LogP contribution in [0.15, 0.2) is 24.3 Å². The van der Waals surface area contributed by atoms with Crippen molar-refractivity contribution in [2.24, 2.45) is 5.41 Å². The van der Waals surface area contributed by atoms with Gasteiger partial charge in [-0.25, -0.2) is 0 Å². The van der Waals surface area contributed by atoms with Gasteiger partial charge >= 0.3 is 0 Å². The minimum absolute atomic E-state index is 0.197. The third kappa shape index (κ3) is 4.35. The number of nitrogens with zero attached hydrogens (tertiary/aromatic N) is 1. The Morgan fingerprint density at radius 3 is 2.86 bits per heavy atom. The molecular weight excluding hydrogens is 264 g/mol. The van der Waals surface area contributed by atoms with Crippen LogP contribution in [0.5, 0.6) is 5.75 Å². The Morgan fingerprint density at radius 2 is 2.24 bits per heavy atom. The van der Waals surface area contributed by atoms with Crippen LogP contribution in [0, 0.1) is 5.41 Å². The Kier molecular flexibility index (Phi) is 5.48. The Labute approximate surface area is 128 Å². The molecule has 1 unspecified atom stereocenters. The summed E-state index contributed by atoms with van der Waals surface area (Å²) in [4.78, 5) is 2.30. The summed E-state index contributed by atoms with van der Waals surface area (Å²) >= 11 is 0. The lowest BCUT2D eigenvalue weighted by molar-refractivity contribution is 0.151. The monoisotopic (exact) mass is 292 g/mol. The molecule has 1 atom stereocenters. The fourth-order valence-electron chi connectivity index (χ4n) is 2.83. The molecule has 1 aliphatic heterocycles. The van der Waals surface area contributed by atoms with Gasteiger partial charge in [0.05, 0.1) is 13.7 Å². The third-order valence-corrected chi connectivity index (χ3v) is 4.14. The van der Waals surface area contributed by atoms with Crippen LogP contribution in [0.2, 0.25) is 0 Å². The highest BCUT2D eigenvalue weighted by molar-refractivity contribution is 5.50. The SMILES string of the molecule is COc1cccc(N(C)CC2(CNC(C)C)CCOC2)c1. The number of nitrogens with one attached hydrogen (secondary N) is 1. The number of methoxy groups -OCH3 is 1. The number of hydrogen-bond donors (Lipinski definition) is 1. The molecule has 118 valence electrons. The van der Waals surface area contributed by atoms with Gasteiger partial charge in [0.25, 0.3) is 0 Å². The smallest absolute Gasteiger partial charge is 0.120 e. The fraction of sp³-hybridized carbons (Fsp3) is 0.647. The standard InChI is InChI=1S/C17H28N2O2/c1-14(2)18-11-17(8-9-21-13-17)12-19(3)15-6-5-7-16(10-15)20-4/h5-7,10,14,18H,8-9,11-13H2,1-4H3. The summed E-state index contributed by atoms with van der Waals surface area (Å²) in [5, 5.41) is 3.58. The van der Waals surface area contributed by atoms with Gasteiger partial charge in [-0.05, 0) is 18.6 Å². The maximum atomic E-state index is 5.68. The van der Waals surface area contributed by atoms with Crippen molar-refractivity contribution < 1.29 is 9.47 Å². The average Bonchev–Trinajstić information content (AvgIpc) is 2.94. The predicted molar refractivity (Wildman–Crippen MR) is 87.3 cm³/mol. The lowest BCUT2D eigenvalue weighted by Gasteiger charge is -2.34. The van der Waals surface area contributed by atoms with E-state index in [1.807, 2.05) is 12.1 Å². The van der Waals surface area contributed by atoms with E-state index < -0.39 is 0 Å². The van der Waals surface area contributed by atoms with Crippen molar-refractivity contribution in [3.63, 3.8) is 0 Å². The fourth-order valence-corrected chi connectivity index (χ4v) is 2.83. The molecular formula is C17H28N2O2. The first-order valence-electron chi connectivity index (χ1n) is 7.71. The Bertz CT molecular complexity index is 442. The zero-order valence-electron chi connectivity index (χ0n) is 13.7. The Morgan fingerprint density at radius 1 is 1.43 bits per heavy atom. The lowest BCUT2D eigenvalue weighted by Crippen LogP contribution is -2.45. The van der Waals surface area contributed by atoms with Gasteiger partial charge in [-0.1, -0.05) is 19.9 Å². The van der Waals surface area contributed by atoms with Gasteiger partial charge < -0.3 is 19.7 Å². The van der Waals surface area contributed by atoms with E-state index >= 15 is 0 Å². The number of anilines is 1. The van der Waals surface area contributed by atoms with E-state index in [0.29, 0.717) is 6.04 Å². The van der Waals surface area contributed by atoms with Crippen LogP contribution < -0.4 is 15.0 Å². The Hall–Kier alpha value is -1.26. The summed E-state index contributed by atoms with van der Waals surface area (Å²) in [6.07, 6.45) is 1.11. The number of hydrogen-bond acceptors (Lipinski definition) is 4. The van der Waals surface area contributed by atoms with Gasteiger partial charge in [0, 0.05) is 50.0 Å². The van der Waals surface area contributed by atoms with Crippen LogP contribution in [0.3, 0.4) is 0 Å². The summed E-state index contributed by atoms with van der Waals surface area (Å²) in [7, 11) is 3.85. The molecule has 0 aromatic heterocycles. The number of benzene rings is 1. The minimum Gasteiger partial charge on any atom is -0.497 e. The molecule has 1 N–H and O–H groups in total. The summed E-state index contributed by atoms with van der Waals surface area (Å²) in [5.74, 6) is 0.899. The highest BCUT2D eigenvalue weighted by atomic mass is 16.5. The van der Waals surface area contributed by atoms with Gasteiger partial charge in [0.15, 0.2) is 0 Å². The highest BCUT2D eigenvalue weighted by Crippen LogP contribution is 2.31. The second-order valence-corrected chi connectivity index (χ2v) is 6.40. The molecule has 0 spiro atoms. The molecule has 0 aliphatic carbocycles. The topological polar surface area (TPSA) is 33.7 Å². The van der Waals surface area contributed by atoms with Crippen LogP contribution in [-0.4, -0.2) is 46.5 Å². The molecule has 1 aromatic carbocycles. The van der Waals surface area contributed by atoms with Crippen molar-refractivity contribution >= 4 is 5.69 Å². The quantitative estimate of drug-likeness (QED) is 0.837. The summed E-state index contributed by atoms with van der Waals surface area (Å²) in [6.45, 7) is 8.07. The normalized spacial score (nSPS) is 21.8. The van der Waals surface area contributed by atoms with Gasteiger partial charge in [0.1, 0.15) is 5.75 Å². The maximum absolute atomic E-state index is 5.68. The van der Waals surface area contributed by atoms with Crippen LogP contribution in [-0.2, 0) is 4.74 Å². The second-order valence-electron chi connectivity index (χ2n) is 6.40. The largest absolute Gasteiger partial charge is 0.497 e. The zero-order valence-corrected chi connectivity index (χ0v) is 13.7. The molecule has 1 saturated heterocycles. The van der Waals surface area contributed by atoms with E-state index in [9.17, 15) is 0 Å². The molecule has 1 aliphatic rings. The molecule has 1 heterocycles. The third-order valence-electron chi connectivity index (χ3n) is 4.14. The van der Waals surface area contributed by atoms with Crippen molar-refractivity contribution in [3.8, 4) is 5.75 Å². The van der Waals surface area contributed by atoms with E-state index in [0.717, 1.165) is 38.5 Å². The first-order chi connectivity index (χ1) is 10.0. The summed E-state index contributed by atoms with van der Waals surface area (Å²) in [6, 6.07) is 8.73. The minimum atomic E-state index is 0.197. The van der Waals surface area contributed by atoms with Gasteiger partial charge in [-0.15, -0.1) is 0 Å². The summed E-state index contributed by atoms with van der Waals surface area (Å²) in [5.41, 5.74) is 1.38. The molecule has 1 aromatic rings. The van der Waals surface area contributed by atoms with E-state index in [2.05, 4.69) is 43.2 Å². The van der Waals surface area contributed by atoms with E-state index in [1.165, 1.54) is 5.69 Å². The molecule has 0 saturated carbocycles. The van der Waals surface area contributed by atoms with Crippen molar-refractivity contribution in [2.75, 3.05) is 45.4 Å². The van der Waals surface area contributed by atoms with E-state index in [-0.39, 0.29) is 5.41 Å². The highest BCUT2D eigenvalue weighted by Gasteiger charge is 2.36. The van der Waals surface area contributed by atoms with E-state index in [4.69, 9.17) is 9.47 Å². The first kappa shape index (κ1) is 16.1. The molecule has 0 amide bonds. The lowest BCUT2D eigenvalue weighted by atomic mass is 9.86. The van der Waals surface area contributed by atoms with Gasteiger partial charge in [-0.3, -0.25) is 0 Å². The van der Waals surface area contributed by atoms with Crippen molar-refractivity contribution in [2.45, 2.75) is 26.3 Å². The number of rotatable bonds is 7. The van der Waals surface area contributed by atoms with Crippen LogP contribution in [0.4, 0.5) is 5.69 Å². The van der Waals surface area contributed by atoms with Crippen molar-refractivity contribution in [1.82, 2.24) is 5.32 Å². The van der Waals surface area contributed by atoms with Crippen molar-refractivity contribution in [1.29, 1.82) is 0 Å². The zero-order chi connectivity index (χ0) is 15.3.